The van der Waals surface area contributed by atoms with Crippen molar-refractivity contribution in [3.8, 4) is 0 Å². The van der Waals surface area contributed by atoms with Gasteiger partial charge in [0.1, 0.15) is 0 Å². The van der Waals surface area contributed by atoms with Crippen molar-refractivity contribution in [2.24, 2.45) is 0 Å². The quantitative estimate of drug-likeness (QED) is 0.853. The summed E-state index contributed by atoms with van der Waals surface area (Å²) in [4.78, 5) is 6.48. The number of ether oxygens (including phenoxy) is 1. The van der Waals surface area contributed by atoms with Crippen LogP contribution in [-0.4, -0.2) is 30.8 Å². The maximum Gasteiger partial charge on any atom is 0.0825 e. The lowest BCUT2D eigenvalue weighted by molar-refractivity contribution is -0.00461. The van der Waals surface area contributed by atoms with E-state index in [9.17, 15) is 0 Å². The first kappa shape index (κ1) is 13.2. The second kappa shape index (κ2) is 4.94. The van der Waals surface area contributed by atoms with Crippen molar-refractivity contribution in [2.75, 3.05) is 30.8 Å². The Morgan fingerprint density at radius 1 is 1.35 bits per heavy atom. The van der Waals surface area contributed by atoms with Crippen LogP contribution in [0.2, 0.25) is 0 Å². The van der Waals surface area contributed by atoms with E-state index in [1.54, 1.807) is 13.3 Å². The molecule has 1 aliphatic rings. The first-order valence-electron chi connectivity index (χ1n) is 7.05. The molecule has 0 bridgehead atoms. The van der Waals surface area contributed by atoms with Crippen molar-refractivity contribution in [3.63, 3.8) is 0 Å². The van der Waals surface area contributed by atoms with Gasteiger partial charge in [-0.25, -0.2) is 0 Å². The molecule has 1 aromatic carbocycles. The molecule has 2 aromatic rings. The van der Waals surface area contributed by atoms with Crippen LogP contribution in [0.25, 0.3) is 10.8 Å². The molecule has 0 spiro atoms. The normalized spacial score (nSPS) is 23.2. The van der Waals surface area contributed by atoms with E-state index in [4.69, 9.17) is 10.5 Å². The van der Waals surface area contributed by atoms with E-state index in [0.717, 1.165) is 48.1 Å². The number of anilines is 2. The number of aromatic nitrogens is 1. The summed E-state index contributed by atoms with van der Waals surface area (Å²) < 4.78 is 5.67. The first-order chi connectivity index (χ1) is 9.63. The number of piperidine rings is 1. The van der Waals surface area contributed by atoms with Gasteiger partial charge in [-0.1, -0.05) is 6.07 Å². The number of benzene rings is 1. The van der Waals surface area contributed by atoms with E-state index in [-0.39, 0.29) is 5.60 Å². The molecule has 1 aromatic heterocycles. The molecular formula is C16H21N3O. The van der Waals surface area contributed by atoms with E-state index in [1.807, 2.05) is 12.3 Å². The molecule has 2 heterocycles. The number of pyridine rings is 1. The summed E-state index contributed by atoms with van der Waals surface area (Å²) >= 11 is 0. The fourth-order valence-electron chi connectivity index (χ4n) is 3.03. The van der Waals surface area contributed by atoms with Crippen LogP contribution in [0, 0.1) is 0 Å². The van der Waals surface area contributed by atoms with Crippen molar-refractivity contribution in [3.05, 3.63) is 30.6 Å². The average molecular weight is 271 g/mol. The molecule has 4 nitrogen and oxygen atoms in total. The molecule has 0 aliphatic carbocycles. The van der Waals surface area contributed by atoms with E-state index in [2.05, 4.69) is 28.9 Å². The minimum Gasteiger partial charge on any atom is -0.397 e. The molecule has 20 heavy (non-hydrogen) atoms. The van der Waals surface area contributed by atoms with Crippen LogP contribution in [0.1, 0.15) is 19.8 Å². The highest BCUT2D eigenvalue weighted by Crippen LogP contribution is 2.35. The van der Waals surface area contributed by atoms with Gasteiger partial charge in [0.15, 0.2) is 0 Å². The van der Waals surface area contributed by atoms with Crippen LogP contribution >= 0.6 is 0 Å². The number of fused-ring (bicyclic) bond motifs is 1. The van der Waals surface area contributed by atoms with Crippen molar-refractivity contribution in [2.45, 2.75) is 25.4 Å². The van der Waals surface area contributed by atoms with Crippen LogP contribution in [0.5, 0.6) is 0 Å². The predicted octanol–water partition coefficient (Wildman–Crippen LogP) is 2.82. The topological polar surface area (TPSA) is 51.4 Å². The summed E-state index contributed by atoms with van der Waals surface area (Å²) in [6, 6.07) is 6.17. The first-order valence-corrected chi connectivity index (χ1v) is 7.05. The number of nitrogen functional groups attached to an aromatic ring is 1. The fourth-order valence-corrected chi connectivity index (χ4v) is 3.03. The molecular weight excluding hydrogens is 250 g/mol. The smallest absolute Gasteiger partial charge is 0.0825 e. The Hall–Kier alpha value is -1.81. The van der Waals surface area contributed by atoms with E-state index in [1.165, 1.54) is 0 Å². The van der Waals surface area contributed by atoms with Crippen molar-refractivity contribution in [1.82, 2.24) is 4.98 Å². The molecule has 1 unspecified atom stereocenters. The zero-order valence-corrected chi connectivity index (χ0v) is 12.1. The van der Waals surface area contributed by atoms with Gasteiger partial charge in [0, 0.05) is 43.4 Å². The Morgan fingerprint density at radius 2 is 2.20 bits per heavy atom. The van der Waals surface area contributed by atoms with Gasteiger partial charge < -0.3 is 15.4 Å². The molecule has 3 rings (SSSR count). The second-order valence-electron chi connectivity index (χ2n) is 5.77. The van der Waals surface area contributed by atoms with Crippen LogP contribution in [-0.2, 0) is 4.74 Å². The monoisotopic (exact) mass is 271 g/mol. The lowest BCUT2D eigenvalue weighted by Crippen LogP contribution is -2.47. The maximum atomic E-state index is 6.37. The Morgan fingerprint density at radius 3 is 3.00 bits per heavy atom. The van der Waals surface area contributed by atoms with Gasteiger partial charge in [-0.05, 0) is 31.9 Å². The average Bonchev–Trinajstić information content (AvgIpc) is 2.48. The molecule has 1 fully saturated rings. The maximum absolute atomic E-state index is 6.37. The van der Waals surface area contributed by atoms with Gasteiger partial charge in [0.2, 0.25) is 0 Å². The van der Waals surface area contributed by atoms with Crippen LogP contribution in [0.4, 0.5) is 11.4 Å². The zero-order chi connectivity index (χ0) is 14.2. The number of nitrogens with zero attached hydrogens (tertiary/aromatic N) is 2. The van der Waals surface area contributed by atoms with Gasteiger partial charge in [-0.15, -0.1) is 0 Å². The number of methoxy groups -OCH3 is 1. The van der Waals surface area contributed by atoms with Crippen molar-refractivity contribution in [1.29, 1.82) is 0 Å². The zero-order valence-electron chi connectivity index (χ0n) is 12.1. The molecule has 1 saturated heterocycles. The highest BCUT2D eigenvalue weighted by Gasteiger charge is 2.31. The molecule has 0 amide bonds. The molecule has 0 saturated carbocycles. The Balaban J connectivity index is 2.00. The Kier molecular flexibility index (Phi) is 3.26. The standard InChI is InChI=1S/C16H21N3O/c1-16(20-2)7-3-9-19(11-16)14-5-4-12-10-18-8-6-13(12)15(14)17/h4-6,8,10H,3,7,9,11,17H2,1-2H3. The summed E-state index contributed by atoms with van der Waals surface area (Å²) in [5.74, 6) is 0. The Labute approximate surface area is 119 Å². The number of nitrogens with two attached hydrogens (primary N) is 1. The highest BCUT2D eigenvalue weighted by molar-refractivity contribution is 5.98. The third-order valence-electron chi connectivity index (χ3n) is 4.33. The largest absolute Gasteiger partial charge is 0.397 e. The van der Waals surface area contributed by atoms with E-state index < -0.39 is 0 Å². The summed E-state index contributed by atoms with van der Waals surface area (Å²) in [6.45, 7) is 4.07. The van der Waals surface area contributed by atoms with E-state index >= 15 is 0 Å². The molecule has 2 N–H and O–H groups in total. The van der Waals surface area contributed by atoms with Crippen molar-refractivity contribution < 1.29 is 4.74 Å². The molecule has 0 radical (unpaired) electrons. The third kappa shape index (κ3) is 2.20. The van der Waals surface area contributed by atoms with Gasteiger partial charge in [0.05, 0.1) is 17.0 Å². The highest BCUT2D eigenvalue weighted by atomic mass is 16.5. The molecule has 1 atom stereocenters. The minimum atomic E-state index is -0.0854. The summed E-state index contributed by atoms with van der Waals surface area (Å²) in [6.07, 6.45) is 5.86. The molecule has 106 valence electrons. The lowest BCUT2D eigenvalue weighted by atomic mass is 9.94. The SMILES string of the molecule is COC1(C)CCCN(c2ccc3cnccc3c2N)C1. The second-order valence-corrected chi connectivity index (χ2v) is 5.77. The van der Waals surface area contributed by atoms with E-state index in [0.29, 0.717) is 0 Å². The predicted molar refractivity (Wildman–Crippen MR) is 83.0 cm³/mol. The Bertz CT molecular complexity index is 628. The fraction of sp³-hybridized carbons (Fsp3) is 0.438. The van der Waals surface area contributed by atoms with Gasteiger partial charge in [-0.3, -0.25) is 4.98 Å². The number of hydrogen-bond acceptors (Lipinski definition) is 4. The van der Waals surface area contributed by atoms with Crippen LogP contribution < -0.4 is 10.6 Å². The van der Waals surface area contributed by atoms with Gasteiger partial charge >= 0.3 is 0 Å². The molecule has 1 aliphatic heterocycles. The van der Waals surface area contributed by atoms with Crippen molar-refractivity contribution >= 4 is 22.1 Å². The minimum absolute atomic E-state index is 0.0854. The third-order valence-corrected chi connectivity index (χ3v) is 4.33. The lowest BCUT2D eigenvalue weighted by Gasteiger charge is -2.41. The van der Waals surface area contributed by atoms with Crippen LogP contribution in [0.3, 0.4) is 0 Å². The summed E-state index contributed by atoms with van der Waals surface area (Å²) in [7, 11) is 1.79. The molecule has 4 heteroatoms. The summed E-state index contributed by atoms with van der Waals surface area (Å²) in [5.41, 5.74) is 8.23. The van der Waals surface area contributed by atoms with Gasteiger partial charge in [-0.2, -0.15) is 0 Å². The van der Waals surface area contributed by atoms with Crippen LogP contribution in [0.15, 0.2) is 30.6 Å². The summed E-state index contributed by atoms with van der Waals surface area (Å²) in [5, 5.41) is 2.16. The number of rotatable bonds is 2. The number of hydrogen-bond donors (Lipinski definition) is 1. The van der Waals surface area contributed by atoms with Gasteiger partial charge in [0.25, 0.3) is 0 Å².